The van der Waals surface area contributed by atoms with Crippen LogP contribution in [0.15, 0.2) is 24.3 Å². The van der Waals surface area contributed by atoms with Crippen molar-refractivity contribution in [3.8, 4) is 11.4 Å². The number of amides is 2. The van der Waals surface area contributed by atoms with Crippen LogP contribution in [-0.2, 0) is 0 Å². The van der Waals surface area contributed by atoms with Gasteiger partial charge in [0.15, 0.2) is 5.82 Å². The van der Waals surface area contributed by atoms with Crippen LogP contribution >= 0.6 is 0 Å². The summed E-state index contributed by atoms with van der Waals surface area (Å²) in [6, 6.07) is 7.43. The maximum atomic E-state index is 12.2. The van der Waals surface area contributed by atoms with E-state index in [2.05, 4.69) is 25.8 Å². The molecule has 3 rings (SSSR count). The number of carbonyl (C=O) groups excluding carboxylic acids is 1. The Balaban J connectivity index is 1.57. The summed E-state index contributed by atoms with van der Waals surface area (Å²) >= 11 is 0. The molecule has 1 fully saturated rings. The SMILES string of the molecule is Cc1nc(-c2cccc(NC(=O)NC3CCC(CO)CC3)c2)n[nH]1. The third-order valence-electron chi connectivity index (χ3n) is 4.42. The lowest BCUT2D eigenvalue weighted by atomic mass is 9.87. The molecule has 0 bridgehead atoms. The van der Waals surface area contributed by atoms with Crippen LogP contribution in [0, 0.1) is 12.8 Å². The highest BCUT2D eigenvalue weighted by Crippen LogP contribution is 2.24. The molecule has 0 spiro atoms. The zero-order valence-corrected chi connectivity index (χ0v) is 13.7. The molecule has 1 aromatic heterocycles. The summed E-state index contributed by atoms with van der Waals surface area (Å²) in [6.45, 7) is 2.09. The Hall–Kier alpha value is -2.41. The van der Waals surface area contributed by atoms with Crippen molar-refractivity contribution < 1.29 is 9.90 Å². The van der Waals surface area contributed by atoms with Gasteiger partial charge >= 0.3 is 6.03 Å². The van der Waals surface area contributed by atoms with Gasteiger partial charge in [-0.2, -0.15) is 5.10 Å². The number of carbonyl (C=O) groups is 1. The van der Waals surface area contributed by atoms with E-state index in [1.165, 1.54) is 0 Å². The van der Waals surface area contributed by atoms with Crippen molar-refractivity contribution >= 4 is 11.7 Å². The summed E-state index contributed by atoms with van der Waals surface area (Å²) < 4.78 is 0. The number of rotatable bonds is 4. The third-order valence-corrected chi connectivity index (χ3v) is 4.42. The van der Waals surface area contributed by atoms with Gasteiger partial charge in [-0.1, -0.05) is 12.1 Å². The normalized spacial score (nSPS) is 20.6. The summed E-state index contributed by atoms with van der Waals surface area (Å²) in [5, 5.41) is 22.0. The van der Waals surface area contributed by atoms with Gasteiger partial charge < -0.3 is 15.7 Å². The summed E-state index contributed by atoms with van der Waals surface area (Å²) in [4.78, 5) is 16.5. The minimum Gasteiger partial charge on any atom is -0.396 e. The third kappa shape index (κ3) is 4.11. The minimum atomic E-state index is -0.203. The van der Waals surface area contributed by atoms with Gasteiger partial charge in [0.2, 0.25) is 0 Å². The van der Waals surface area contributed by atoms with Crippen molar-refractivity contribution in [2.45, 2.75) is 38.6 Å². The van der Waals surface area contributed by atoms with Crippen molar-refractivity contribution in [1.82, 2.24) is 20.5 Å². The van der Waals surface area contributed by atoms with E-state index in [1.807, 2.05) is 31.2 Å². The molecule has 7 nitrogen and oxygen atoms in total. The van der Waals surface area contributed by atoms with E-state index in [0.29, 0.717) is 17.4 Å². The van der Waals surface area contributed by atoms with Crippen LogP contribution in [0.5, 0.6) is 0 Å². The van der Waals surface area contributed by atoms with Crippen LogP contribution in [0.4, 0.5) is 10.5 Å². The van der Waals surface area contributed by atoms with Crippen LogP contribution in [0.25, 0.3) is 11.4 Å². The van der Waals surface area contributed by atoms with Crippen LogP contribution in [0.1, 0.15) is 31.5 Å². The monoisotopic (exact) mass is 329 g/mol. The predicted octanol–water partition coefficient (Wildman–Crippen LogP) is 2.45. The zero-order chi connectivity index (χ0) is 16.9. The molecule has 7 heteroatoms. The molecule has 0 unspecified atom stereocenters. The number of hydrogen-bond donors (Lipinski definition) is 4. The number of benzene rings is 1. The molecule has 0 radical (unpaired) electrons. The van der Waals surface area contributed by atoms with Crippen molar-refractivity contribution in [3.63, 3.8) is 0 Å². The highest BCUT2D eigenvalue weighted by atomic mass is 16.3. The summed E-state index contributed by atoms with van der Waals surface area (Å²) in [5.74, 6) is 1.74. The molecule has 1 saturated carbocycles. The van der Waals surface area contributed by atoms with Crippen LogP contribution in [-0.4, -0.2) is 39.0 Å². The molecule has 0 atom stereocenters. The van der Waals surface area contributed by atoms with Gasteiger partial charge in [0.25, 0.3) is 0 Å². The quantitative estimate of drug-likeness (QED) is 0.692. The molecule has 0 saturated heterocycles. The number of aliphatic hydroxyl groups excluding tert-OH is 1. The molecule has 4 N–H and O–H groups in total. The Morgan fingerprint density at radius 2 is 2.12 bits per heavy atom. The van der Waals surface area contributed by atoms with Crippen molar-refractivity contribution in [2.24, 2.45) is 5.92 Å². The Morgan fingerprint density at radius 1 is 1.33 bits per heavy atom. The van der Waals surface area contributed by atoms with Gasteiger partial charge in [-0.3, -0.25) is 5.10 Å². The second kappa shape index (κ2) is 7.44. The zero-order valence-electron chi connectivity index (χ0n) is 13.7. The highest BCUT2D eigenvalue weighted by Gasteiger charge is 2.21. The first-order valence-electron chi connectivity index (χ1n) is 8.32. The average Bonchev–Trinajstić information content (AvgIpc) is 3.02. The van der Waals surface area contributed by atoms with Gasteiger partial charge in [-0.05, 0) is 50.7 Å². The number of nitrogens with one attached hydrogen (secondary N) is 3. The molecule has 24 heavy (non-hydrogen) atoms. The Kier molecular flexibility index (Phi) is 5.10. The standard InChI is InChI=1S/C17H23N5O2/c1-11-18-16(22-21-11)13-3-2-4-15(9-13)20-17(24)19-14-7-5-12(10-23)6-8-14/h2-4,9,12,14,23H,5-8,10H2,1H3,(H,18,21,22)(H2,19,20,24). The molecular formula is C17H23N5O2. The topological polar surface area (TPSA) is 103 Å². The molecule has 1 aliphatic carbocycles. The fourth-order valence-electron chi connectivity index (χ4n) is 3.05. The number of anilines is 1. The van der Waals surface area contributed by atoms with E-state index in [9.17, 15) is 4.79 Å². The number of nitrogens with zero attached hydrogens (tertiary/aromatic N) is 2. The molecule has 2 aromatic rings. The lowest BCUT2D eigenvalue weighted by Gasteiger charge is -2.27. The van der Waals surface area contributed by atoms with E-state index < -0.39 is 0 Å². The lowest BCUT2D eigenvalue weighted by Crippen LogP contribution is -2.40. The van der Waals surface area contributed by atoms with E-state index in [0.717, 1.165) is 37.1 Å². The molecule has 1 aromatic carbocycles. The van der Waals surface area contributed by atoms with Gasteiger partial charge in [0, 0.05) is 23.9 Å². The average molecular weight is 329 g/mol. The van der Waals surface area contributed by atoms with Gasteiger partial charge in [0.05, 0.1) is 0 Å². The van der Waals surface area contributed by atoms with E-state index in [-0.39, 0.29) is 18.7 Å². The largest absolute Gasteiger partial charge is 0.396 e. The van der Waals surface area contributed by atoms with E-state index in [4.69, 9.17) is 5.11 Å². The number of aryl methyl sites for hydroxylation is 1. The Labute approximate surface area is 140 Å². The van der Waals surface area contributed by atoms with Crippen molar-refractivity contribution in [3.05, 3.63) is 30.1 Å². The fourth-order valence-corrected chi connectivity index (χ4v) is 3.05. The smallest absolute Gasteiger partial charge is 0.319 e. The maximum absolute atomic E-state index is 12.2. The van der Waals surface area contributed by atoms with Gasteiger partial charge in [-0.25, -0.2) is 9.78 Å². The summed E-state index contributed by atoms with van der Waals surface area (Å²) in [7, 11) is 0. The first-order valence-corrected chi connectivity index (χ1v) is 8.32. The number of H-pyrrole nitrogens is 1. The number of aromatic nitrogens is 3. The number of urea groups is 1. The number of hydrogen-bond acceptors (Lipinski definition) is 4. The Morgan fingerprint density at radius 3 is 2.79 bits per heavy atom. The van der Waals surface area contributed by atoms with Gasteiger partial charge in [-0.15, -0.1) is 0 Å². The molecule has 128 valence electrons. The number of aliphatic hydroxyl groups is 1. The van der Waals surface area contributed by atoms with Crippen LogP contribution in [0.3, 0.4) is 0 Å². The van der Waals surface area contributed by atoms with Crippen LogP contribution < -0.4 is 10.6 Å². The van der Waals surface area contributed by atoms with Crippen molar-refractivity contribution in [1.29, 1.82) is 0 Å². The van der Waals surface area contributed by atoms with Crippen molar-refractivity contribution in [2.75, 3.05) is 11.9 Å². The minimum absolute atomic E-state index is 0.173. The lowest BCUT2D eigenvalue weighted by molar-refractivity contribution is 0.176. The predicted molar refractivity (Wildman–Crippen MR) is 91.5 cm³/mol. The van der Waals surface area contributed by atoms with Crippen LogP contribution in [0.2, 0.25) is 0 Å². The molecule has 0 aliphatic heterocycles. The number of aromatic amines is 1. The Bertz CT molecular complexity index is 692. The first-order chi connectivity index (χ1) is 11.6. The molecular weight excluding hydrogens is 306 g/mol. The molecule has 1 aliphatic rings. The van der Waals surface area contributed by atoms with Gasteiger partial charge in [0.1, 0.15) is 5.82 Å². The summed E-state index contributed by atoms with van der Waals surface area (Å²) in [5.41, 5.74) is 1.55. The maximum Gasteiger partial charge on any atom is 0.319 e. The fraction of sp³-hybridized carbons (Fsp3) is 0.471. The highest BCUT2D eigenvalue weighted by molar-refractivity contribution is 5.90. The second-order valence-corrected chi connectivity index (χ2v) is 6.32. The first kappa shape index (κ1) is 16.4. The summed E-state index contributed by atoms with van der Waals surface area (Å²) in [6.07, 6.45) is 3.74. The van der Waals surface area contributed by atoms with E-state index in [1.54, 1.807) is 0 Å². The molecule has 1 heterocycles. The van der Waals surface area contributed by atoms with E-state index >= 15 is 0 Å². The molecule has 2 amide bonds. The second-order valence-electron chi connectivity index (χ2n) is 6.32.